The predicted octanol–water partition coefficient (Wildman–Crippen LogP) is 4.85. The molecule has 4 N–H and O–H groups in total. The van der Waals surface area contributed by atoms with Crippen LogP contribution in [0.2, 0.25) is 0 Å². The van der Waals surface area contributed by atoms with E-state index in [-0.39, 0.29) is 18.2 Å². The molecular formula is C31H36N4O4. The number of rotatable bonds is 11. The average Bonchev–Trinajstić information content (AvgIpc) is 3.27. The molecule has 0 aliphatic heterocycles. The van der Waals surface area contributed by atoms with E-state index in [4.69, 9.17) is 5.21 Å². The van der Waals surface area contributed by atoms with Crippen molar-refractivity contribution in [2.45, 2.75) is 52.7 Å². The van der Waals surface area contributed by atoms with E-state index in [0.29, 0.717) is 18.5 Å². The Morgan fingerprint density at radius 1 is 0.872 bits per heavy atom. The van der Waals surface area contributed by atoms with Gasteiger partial charge in [0.25, 0.3) is 0 Å². The molecule has 0 aliphatic carbocycles. The van der Waals surface area contributed by atoms with E-state index in [9.17, 15) is 14.4 Å². The molecular weight excluding hydrogens is 492 g/mol. The summed E-state index contributed by atoms with van der Waals surface area (Å²) in [5.41, 5.74) is 5.36. The van der Waals surface area contributed by atoms with E-state index in [0.717, 1.165) is 33.9 Å². The van der Waals surface area contributed by atoms with Gasteiger partial charge in [-0.1, -0.05) is 68.4 Å². The molecule has 3 aromatic carbocycles. The molecule has 0 saturated heterocycles. The molecule has 2 atom stereocenters. The van der Waals surface area contributed by atoms with Crippen molar-refractivity contribution in [3.63, 3.8) is 0 Å². The van der Waals surface area contributed by atoms with E-state index in [1.54, 1.807) is 5.48 Å². The van der Waals surface area contributed by atoms with Gasteiger partial charge in [-0.15, -0.1) is 0 Å². The fourth-order valence-corrected chi connectivity index (χ4v) is 5.16. The molecule has 1 aromatic heterocycles. The third-order valence-electron chi connectivity index (χ3n) is 6.99. The highest BCUT2D eigenvalue weighted by Crippen LogP contribution is 2.31. The van der Waals surface area contributed by atoms with Crippen molar-refractivity contribution in [3.8, 4) is 0 Å². The van der Waals surface area contributed by atoms with Crippen molar-refractivity contribution in [3.05, 3.63) is 83.9 Å². The number of nitrogens with zero attached hydrogens (tertiary/aromatic N) is 1. The molecule has 1 heterocycles. The number of carbonyl (C=O) groups is 3. The minimum Gasteiger partial charge on any atom is -0.350 e. The molecule has 0 fully saturated rings. The van der Waals surface area contributed by atoms with Crippen LogP contribution in [0.5, 0.6) is 0 Å². The van der Waals surface area contributed by atoms with Crippen molar-refractivity contribution >= 4 is 39.5 Å². The summed E-state index contributed by atoms with van der Waals surface area (Å²) in [6.45, 7) is 7.12. The number of aromatic nitrogens is 1. The van der Waals surface area contributed by atoms with Gasteiger partial charge in [-0.2, -0.15) is 0 Å². The lowest BCUT2D eigenvalue weighted by Crippen LogP contribution is -2.43. The summed E-state index contributed by atoms with van der Waals surface area (Å²) in [7, 11) is 0. The Balaban J connectivity index is 1.70. The van der Waals surface area contributed by atoms with Gasteiger partial charge in [-0.3, -0.25) is 19.6 Å². The topological polar surface area (TPSA) is 112 Å². The fraction of sp³-hybridized carbons (Fsp3) is 0.323. The smallest absolute Gasteiger partial charge is 0.247 e. The van der Waals surface area contributed by atoms with Gasteiger partial charge in [0.2, 0.25) is 17.7 Å². The summed E-state index contributed by atoms with van der Waals surface area (Å²) < 4.78 is 2.23. The van der Waals surface area contributed by atoms with E-state index < -0.39 is 23.8 Å². The number of benzene rings is 3. The molecule has 0 spiro atoms. The number of hydroxylamine groups is 1. The Kier molecular flexibility index (Phi) is 8.99. The minimum atomic E-state index is -0.971. The maximum absolute atomic E-state index is 13.6. The minimum absolute atomic E-state index is 0.133. The molecule has 0 saturated carbocycles. The van der Waals surface area contributed by atoms with Gasteiger partial charge in [-0.25, -0.2) is 5.48 Å². The first-order chi connectivity index (χ1) is 18.8. The molecule has 8 heteroatoms. The van der Waals surface area contributed by atoms with E-state index in [1.165, 1.54) is 0 Å². The summed E-state index contributed by atoms with van der Waals surface area (Å²) >= 11 is 0. The van der Waals surface area contributed by atoms with Gasteiger partial charge in [0.1, 0.15) is 6.04 Å². The number of nitrogens with one attached hydrogen (secondary N) is 3. The van der Waals surface area contributed by atoms with Gasteiger partial charge in [-0.05, 0) is 48.6 Å². The zero-order valence-electron chi connectivity index (χ0n) is 22.6. The van der Waals surface area contributed by atoms with Crippen molar-refractivity contribution in [1.29, 1.82) is 0 Å². The first-order valence-electron chi connectivity index (χ1n) is 13.4. The zero-order valence-corrected chi connectivity index (χ0v) is 22.6. The molecule has 204 valence electrons. The lowest BCUT2D eigenvalue weighted by Gasteiger charge is -2.23. The highest BCUT2D eigenvalue weighted by atomic mass is 16.5. The second-order valence-corrected chi connectivity index (χ2v) is 10.2. The number of amides is 3. The van der Waals surface area contributed by atoms with Crippen LogP contribution in [0.3, 0.4) is 0 Å². The van der Waals surface area contributed by atoms with Gasteiger partial charge in [0.05, 0.1) is 0 Å². The van der Waals surface area contributed by atoms with Crippen LogP contribution in [0, 0.1) is 11.8 Å². The molecule has 0 aliphatic rings. The Morgan fingerprint density at radius 2 is 1.56 bits per heavy atom. The fourth-order valence-electron chi connectivity index (χ4n) is 5.16. The maximum atomic E-state index is 13.6. The van der Waals surface area contributed by atoms with E-state index in [2.05, 4.69) is 34.3 Å². The monoisotopic (exact) mass is 528 g/mol. The standard InChI is InChI=1S/C31H36N4O4/c1-4-35-26-13-9-8-12-24(26)25-17-22(14-15-27(25)35)29(31(38)32-19-21-10-6-5-7-11-21)33-30(37)23(16-20(2)3)18-28(36)34-39/h5-15,17,20,23,29,39H,4,16,18-19H2,1-3H3,(H,32,38)(H,33,37)(H,34,36)/t23-,29-/m1/s1. The Hall–Kier alpha value is -4.17. The Morgan fingerprint density at radius 3 is 2.26 bits per heavy atom. The Bertz CT molecular complexity index is 1460. The summed E-state index contributed by atoms with van der Waals surface area (Å²) in [6.07, 6.45) is 0.253. The van der Waals surface area contributed by atoms with Crippen LogP contribution in [0.25, 0.3) is 21.8 Å². The SMILES string of the molecule is CCn1c2ccccc2c2cc([C@@H](NC(=O)[C@@H](CC(=O)NO)CC(C)C)C(=O)NCc3ccccc3)ccc21. The largest absolute Gasteiger partial charge is 0.350 e. The quantitative estimate of drug-likeness (QED) is 0.165. The van der Waals surface area contributed by atoms with Crippen LogP contribution in [-0.4, -0.2) is 27.5 Å². The number of hydrogen-bond acceptors (Lipinski definition) is 4. The maximum Gasteiger partial charge on any atom is 0.247 e. The highest BCUT2D eigenvalue weighted by Gasteiger charge is 2.29. The summed E-state index contributed by atoms with van der Waals surface area (Å²) in [4.78, 5) is 39.0. The third kappa shape index (κ3) is 6.46. The van der Waals surface area contributed by atoms with E-state index in [1.807, 2.05) is 74.5 Å². The van der Waals surface area contributed by atoms with Crippen molar-refractivity contribution in [2.75, 3.05) is 0 Å². The molecule has 0 radical (unpaired) electrons. The van der Waals surface area contributed by atoms with Crippen LogP contribution in [0.4, 0.5) is 0 Å². The lowest BCUT2D eigenvalue weighted by molar-refractivity contribution is -0.136. The van der Waals surface area contributed by atoms with Crippen LogP contribution >= 0.6 is 0 Å². The van der Waals surface area contributed by atoms with Gasteiger partial charge < -0.3 is 15.2 Å². The van der Waals surface area contributed by atoms with Crippen LogP contribution in [0.15, 0.2) is 72.8 Å². The number of carbonyl (C=O) groups excluding carboxylic acids is 3. The molecule has 8 nitrogen and oxygen atoms in total. The normalized spacial score (nSPS) is 12.8. The van der Waals surface area contributed by atoms with Crippen molar-refractivity contribution in [1.82, 2.24) is 20.7 Å². The molecule has 0 bridgehead atoms. The molecule has 39 heavy (non-hydrogen) atoms. The number of fused-ring (bicyclic) bond motifs is 3. The molecule has 0 unspecified atom stereocenters. The van der Waals surface area contributed by atoms with Crippen LogP contribution in [0.1, 0.15) is 50.8 Å². The number of para-hydroxylation sites is 1. The molecule has 4 aromatic rings. The molecule has 4 rings (SSSR count). The van der Waals surface area contributed by atoms with Crippen LogP contribution in [-0.2, 0) is 27.5 Å². The first kappa shape index (κ1) is 27.9. The first-order valence-corrected chi connectivity index (χ1v) is 13.4. The summed E-state index contributed by atoms with van der Waals surface area (Å²) in [5, 5.41) is 17.0. The second kappa shape index (κ2) is 12.6. The summed E-state index contributed by atoms with van der Waals surface area (Å²) in [5.74, 6) is -1.97. The Labute approximate surface area is 228 Å². The number of aryl methyl sites for hydroxylation is 1. The second-order valence-electron chi connectivity index (χ2n) is 10.2. The van der Waals surface area contributed by atoms with Gasteiger partial charge in [0.15, 0.2) is 0 Å². The number of hydrogen-bond donors (Lipinski definition) is 4. The predicted molar refractivity (Wildman–Crippen MR) is 152 cm³/mol. The van der Waals surface area contributed by atoms with Crippen molar-refractivity contribution in [2.24, 2.45) is 11.8 Å². The summed E-state index contributed by atoms with van der Waals surface area (Å²) in [6, 6.07) is 22.5. The average molecular weight is 529 g/mol. The van der Waals surface area contributed by atoms with Gasteiger partial charge >= 0.3 is 0 Å². The zero-order chi connectivity index (χ0) is 27.9. The van der Waals surface area contributed by atoms with E-state index >= 15 is 0 Å². The highest BCUT2D eigenvalue weighted by molar-refractivity contribution is 6.08. The lowest BCUT2D eigenvalue weighted by atomic mass is 9.92. The third-order valence-corrected chi connectivity index (χ3v) is 6.99. The van der Waals surface area contributed by atoms with Gasteiger partial charge in [0, 0.05) is 47.2 Å². The molecule has 3 amide bonds. The van der Waals surface area contributed by atoms with Crippen molar-refractivity contribution < 1.29 is 19.6 Å². The van der Waals surface area contributed by atoms with Crippen LogP contribution < -0.4 is 16.1 Å².